The summed E-state index contributed by atoms with van der Waals surface area (Å²) in [6.07, 6.45) is 1.13. The van der Waals surface area contributed by atoms with Crippen molar-refractivity contribution in [3.63, 3.8) is 0 Å². The summed E-state index contributed by atoms with van der Waals surface area (Å²) in [7, 11) is -3.16. The van der Waals surface area contributed by atoms with E-state index in [1.807, 2.05) is 6.92 Å². The van der Waals surface area contributed by atoms with Gasteiger partial charge in [0.2, 0.25) is 10.0 Å². The molecule has 1 radical (unpaired) electrons. The third kappa shape index (κ3) is 2.54. The van der Waals surface area contributed by atoms with Gasteiger partial charge in [-0.3, -0.25) is 4.72 Å². The van der Waals surface area contributed by atoms with Gasteiger partial charge in [0.05, 0.1) is 11.9 Å². The zero-order valence-corrected chi connectivity index (χ0v) is 7.77. The molecule has 1 aromatic carbocycles. The summed E-state index contributed by atoms with van der Waals surface area (Å²) in [5.41, 5.74) is 1.47. The molecule has 0 aliphatic heterocycles. The second kappa shape index (κ2) is 3.15. The van der Waals surface area contributed by atoms with Crippen LogP contribution in [0.3, 0.4) is 0 Å². The second-order valence-corrected chi connectivity index (χ2v) is 4.36. The molecule has 3 nitrogen and oxygen atoms in total. The van der Waals surface area contributed by atoms with E-state index in [-0.39, 0.29) is 0 Å². The Morgan fingerprint density at radius 3 is 2.67 bits per heavy atom. The normalized spacial score (nSPS) is 11.2. The predicted octanol–water partition coefficient (Wildman–Crippen LogP) is 1.17. The van der Waals surface area contributed by atoms with Crippen LogP contribution in [0.2, 0.25) is 0 Å². The van der Waals surface area contributed by atoms with Crippen molar-refractivity contribution in [1.29, 1.82) is 0 Å². The van der Waals surface area contributed by atoms with Crippen LogP contribution in [0.15, 0.2) is 18.2 Å². The molecule has 0 aromatic heterocycles. The van der Waals surface area contributed by atoms with Crippen molar-refractivity contribution < 1.29 is 8.42 Å². The maximum atomic E-state index is 10.8. The minimum absolute atomic E-state index is 0.608. The molecule has 65 valence electrons. The summed E-state index contributed by atoms with van der Waals surface area (Å²) >= 11 is 0. The number of anilines is 1. The highest BCUT2D eigenvalue weighted by Crippen LogP contribution is 2.13. The molecule has 0 bridgehead atoms. The molecule has 0 aliphatic rings. The molecular weight excluding hydrogens is 174 g/mol. The first-order chi connectivity index (χ1) is 5.49. The molecule has 0 unspecified atom stereocenters. The van der Waals surface area contributed by atoms with Crippen LogP contribution in [0.25, 0.3) is 0 Å². The molecular formula is C8H10NO2S. The molecule has 0 saturated carbocycles. The predicted molar refractivity (Wildman–Crippen MR) is 48.5 cm³/mol. The van der Waals surface area contributed by atoms with Crippen LogP contribution in [0, 0.1) is 13.0 Å². The van der Waals surface area contributed by atoms with Crippen LogP contribution in [-0.4, -0.2) is 14.7 Å². The Morgan fingerprint density at radius 1 is 1.50 bits per heavy atom. The van der Waals surface area contributed by atoms with E-state index in [9.17, 15) is 8.42 Å². The van der Waals surface area contributed by atoms with Crippen LogP contribution < -0.4 is 4.72 Å². The smallest absolute Gasteiger partial charge is 0.229 e. The van der Waals surface area contributed by atoms with Gasteiger partial charge in [-0.05, 0) is 30.7 Å². The van der Waals surface area contributed by atoms with Gasteiger partial charge in [-0.15, -0.1) is 0 Å². The van der Waals surface area contributed by atoms with Crippen molar-refractivity contribution in [3.05, 3.63) is 29.8 Å². The average Bonchev–Trinajstić information content (AvgIpc) is 1.91. The largest absolute Gasteiger partial charge is 0.284 e. The highest BCUT2D eigenvalue weighted by atomic mass is 32.2. The molecule has 1 rings (SSSR count). The lowest BCUT2D eigenvalue weighted by Crippen LogP contribution is -2.10. The highest BCUT2D eigenvalue weighted by Gasteiger charge is 2.02. The standard InChI is InChI=1S/C8H10NO2S/c1-7-5-3-4-6-8(7)9-12(2,10)11/h4-6,9H,1-2H3. The lowest BCUT2D eigenvalue weighted by Gasteiger charge is -2.05. The molecule has 0 atom stereocenters. The molecule has 1 aromatic rings. The number of aryl methyl sites for hydroxylation is 1. The van der Waals surface area contributed by atoms with Gasteiger partial charge in [-0.25, -0.2) is 8.42 Å². The van der Waals surface area contributed by atoms with Gasteiger partial charge in [-0.2, -0.15) is 0 Å². The van der Waals surface area contributed by atoms with E-state index < -0.39 is 10.0 Å². The van der Waals surface area contributed by atoms with Gasteiger partial charge >= 0.3 is 0 Å². The fraction of sp³-hybridized carbons (Fsp3) is 0.250. The zero-order chi connectivity index (χ0) is 9.19. The number of sulfonamides is 1. The molecule has 0 amide bonds. The van der Waals surface area contributed by atoms with Crippen molar-refractivity contribution in [1.82, 2.24) is 0 Å². The van der Waals surface area contributed by atoms with E-state index in [1.165, 1.54) is 0 Å². The average molecular weight is 184 g/mol. The SMILES string of the molecule is Cc1c[c]ccc1NS(C)(=O)=O. The van der Waals surface area contributed by atoms with Gasteiger partial charge in [0.25, 0.3) is 0 Å². The number of nitrogens with one attached hydrogen (secondary N) is 1. The Labute approximate surface area is 72.5 Å². The molecule has 0 spiro atoms. The molecule has 4 heteroatoms. The fourth-order valence-electron chi connectivity index (χ4n) is 0.828. The second-order valence-electron chi connectivity index (χ2n) is 2.62. The molecule has 1 N–H and O–H groups in total. The Balaban J connectivity index is 2.98. The Hall–Kier alpha value is -1.03. The van der Waals surface area contributed by atoms with Crippen LogP contribution in [-0.2, 0) is 10.0 Å². The van der Waals surface area contributed by atoms with Gasteiger partial charge in [0, 0.05) is 0 Å². The summed E-state index contributed by atoms with van der Waals surface area (Å²) in [6, 6.07) is 7.93. The first kappa shape index (κ1) is 9.06. The minimum atomic E-state index is -3.16. The molecule has 0 aliphatic carbocycles. The van der Waals surface area contributed by atoms with E-state index in [1.54, 1.807) is 18.2 Å². The monoisotopic (exact) mass is 184 g/mol. The van der Waals surface area contributed by atoms with Gasteiger partial charge in [-0.1, -0.05) is 6.07 Å². The van der Waals surface area contributed by atoms with Crippen LogP contribution in [0.1, 0.15) is 5.56 Å². The third-order valence-electron chi connectivity index (χ3n) is 1.37. The fourth-order valence-corrected chi connectivity index (χ4v) is 1.46. The van der Waals surface area contributed by atoms with E-state index in [2.05, 4.69) is 10.8 Å². The molecule has 0 heterocycles. The molecule has 12 heavy (non-hydrogen) atoms. The lowest BCUT2D eigenvalue weighted by atomic mass is 10.2. The summed E-state index contributed by atoms with van der Waals surface area (Å²) in [5.74, 6) is 0. The number of hydrogen-bond donors (Lipinski definition) is 1. The topological polar surface area (TPSA) is 46.2 Å². The maximum Gasteiger partial charge on any atom is 0.229 e. The van der Waals surface area contributed by atoms with E-state index in [4.69, 9.17) is 0 Å². The van der Waals surface area contributed by atoms with E-state index >= 15 is 0 Å². The lowest BCUT2D eigenvalue weighted by molar-refractivity contribution is 0.607. The van der Waals surface area contributed by atoms with E-state index in [0.717, 1.165) is 11.8 Å². The van der Waals surface area contributed by atoms with Crippen LogP contribution >= 0.6 is 0 Å². The first-order valence-electron chi connectivity index (χ1n) is 3.43. The van der Waals surface area contributed by atoms with Crippen LogP contribution in [0.4, 0.5) is 5.69 Å². The molecule has 0 fully saturated rings. The third-order valence-corrected chi connectivity index (χ3v) is 1.96. The van der Waals surface area contributed by atoms with Gasteiger partial charge in [0.15, 0.2) is 0 Å². The maximum absolute atomic E-state index is 10.8. The Morgan fingerprint density at radius 2 is 2.17 bits per heavy atom. The summed E-state index contributed by atoms with van der Waals surface area (Å²) < 4.78 is 24.1. The van der Waals surface area contributed by atoms with Crippen molar-refractivity contribution in [2.24, 2.45) is 0 Å². The zero-order valence-electron chi connectivity index (χ0n) is 6.96. The first-order valence-corrected chi connectivity index (χ1v) is 5.33. The number of hydrogen-bond acceptors (Lipinski definition) is 2. The van der Waals surface area contributed by atoms with Crippen molar-refractivity contribution in [2.45, 2.75) is 6.92 Å². The van der Waals surface area contributed by atoms with Crippen molar-refractivity contribution in [3.8, 4) is 0 Å². The van der Waals surface area contributed by atoms with Crippen LogP contribution in [0.5, 0.6) is 0 Å². The number of rotatable bonds is 2. The van der Waals surface area contributed by atoms with Gasteiger partial charge in [0.1, 0.15) is 0 Å². The summed E-state index contributed by atoms with van der Waals surface area (Å²) in [4.78, 5) is 0. The van der Waals surface area contributed by atoms with Crippen molar-refractivity contribution >= 4 is 15.7 Å². The summed E-state index contributed by atoms with van der Waals surface area (Å²) in [6.45, 7) is 1.82. The van der Waals surface area contributed by atoms with Gasteiger partial charge < -0.3 is 0 Å². The Bertz CT molecular complexity index is 370. The van der Waals surface area contributed by atoms with Crippen molar-refractivity contribution in [2.75, 3.05) is 11.0 Å². The summed E-state index contributed by atoms with van der Waals surface area (Å²) in [5, 5.41) is 0. The minimum Gasteiger partial charge on any atom is -0.284 e. The number of benzene rings is 1. The quantitative estimate of drug-likeness (QED) is 0.749. The Kier molecular flexibility index (Phi) is 2.38. The van der Waals surface area contributed by atoms with E-state index in [0.29, 0.717) is 5.69 Å². The highest BCUT2D eigenvalue weighted by molar-refractivity contribution is 7.92. The molecule has 0 saturated heterocycles.